The summed E-state index contributed by atoms with van der Waals surface area (Å²) >= 11 is 0. The van der Waals surface area contributed by atoms with Gasteiger partial charge in [0.25, 0.3) is 0 Å². The predicted molar refractivity (Wildman–Crippen MR) is 74.8 cm³/mol. The molecule has 2 rings (SSSR count). The summed E-state index contributed by atoms with van der Waals surface area (Å²) in [5.41, 5.74) is 1.28. The molecule has 1 heterocycles. The largest absolute Gasteiger partial charge is 0.478 e. The van der Waals surface area contributed by atoms with Crippen molar-refractivity contribution in [2.75, 3.05) is 11.9 Å². The molecule has 5 heteroatoms. The minimum atomic E-state index is -1.05. The molecule has 2 aromatic rings. The van der Waals surface area contributed by atoms with Crippen LogP contribution in [0.2, 0.25) is 0 Å². The van der Waals surface area contributed by atoms with E-state index >= 15 is 0 Å². The molecule has 0 aliphatic heterocycles. The molecule has 1 amide bonds. The monoisotopic (exact) mass is 270 g/mol. The number of hydrogen-bond acceptors (Lipinski definition) is 3. The number of hydrogen-bond donors (Lipinski definition) is 1. The van der Waals surface area contributed by atoms with E-state index in [0.717, 1.165) is 5.56 Å². The number of nitrogens with zero attached hydrogens (tertiary/aromatic N) is 2. The summed E-state index contributed by atoms with van der Waals surface area (Å²) in [5, 5.41) is 9.14. The average molecular weight is 270 g/mol. The molecule has 0 spiro atoms. The Morgan fingerprint density at radius 3 is 2.60 bits per heavy atom. The highest BCUT2D eigenvalue weighted by atomic mass is 16.4. The lowest BCUT2D eigenvalue weighted by atomic mass is 10.1. The van der Waals surface area contributed by atoms with Crippen molar-refractivity contribution in [3.8, 4) is 0 Å². The summed E-state index contributed by atoms with van der Waals surface area (Å²) in [4.78, 5) is 28.7. The van der Waals surface area contributed by atoms with Gasteiger partial charge in [0.05, 0.1) is 17.7 Å². The Morgan fingerprint density at radius 2 is 1.95 bits per heavy atom. The van der Waals surface area contributed by atoms with E-state index in [-0.39, 0.29) is 17.9 Å². The Balaban J connectivity index is 2.21. The quantitative estimate of drug-likeness (QED) is 0.922. The summed E-state index contributed by atoms with van der Waals surface area (Å²) in [6.07, 6.45) is 3.44. The third kappa shape index (κ3) is 3.00. The highest BCUT2D eigenvalue weighted by molar-refractivity contribution is 6.02. The number of carbonyl (C=O) groups is 2. The van der Waals surface area contributed by atoms with Crippen molar-refractivity contribution in [1.29, 1.82) is 0 Å². The smallest absolute Gasteiger partial charge is 0.337 e. The van der Waals surface area contributed by atoms with Crippen LogP contribution in [0.25, 0.3) is 0 Å². The van der Waals surface area contributed by atoms with Crippen LogP contribution in [0.3, 0.4) is 0 Å². The van der Waals surface area contributed by atoms with E-state index in [9.17, 15) is 9.59 Å². The van der Waals surface area contributed by atoms with E-state index in [1.54, 1.807) is 43.7 Å². The molecular weight excluding hydrogens is 256 g/mol. The lowest BCUT2D eigenvalue weighted by Gasteiger charge is -2.19. The SMILES string of the molecule is CN(C(=O)Cc1cccnc1)c1ccccc1C(=O)O. The van der Waals surface area contributed by atoms with Gasteiger partial charge in [0.15, 0.2) is 0 Å². The first-order chi connectivity index (χ1) is 9.59. The number of likely N-dealkylation sites (N-methyl/N-ethyl adjacent to an activating group) is 1. The molecule has 0 aliphatic carbocycles. The third-order valence-electron chi connectivity index (χ3n) is 2.95. The number of benzene rings is 1. The maximum atomic E-state index is 12.2. The Morgan fingerprint density at radius 1 is 1.20 bits per heavy atom. The van der Waals surface area contributed by atoms with Crippen molar-refractivity contribution in [3.05, 3.63) is 59.9 Å². The number of aromatic nitrogens is 1. The Labute approximate surface area is 116 Å². The second-order valence-corrected chi connectivity index (χ2v) is 4.31. The lowest BCUT2D eigenvalue weighted by molar-refractivity contribution is -0.117. The van der Waals surface area contributed by atoms with Gasteiger partial charge in [0.2, 0.25) is 5.91 Å². The molecule has 0 saturated heterocycles. The van der Waals surface area contributed by atoms with Crippen LogP contribution >= 0.6 is 0 Å². The molecule has 0 radical (unpaired) electrons. The van der Waals surface area contributed by atoms with Gasteiger partial charge in [-0.2, -0.15) is 0 Å². The third-order valence-corrected chi connectivity index (χ3v) is 2.95. The molecule has 0 unspecified atom stereocenters. The molecule has 1 N–H and O–H groups in total. The lowest BCUT2D eigenvalue weighted by Crippen LogP contribution is -2.29. The van der Waals surface area contributed by atoms with Gasteiger partial charge in [-0.3, -0.25) is 9.78 Å². The molecule has 1 aromatic heterocycles. The van der Waals surface area contributed by atoms with E-state index in [1.807, 2.05) is 6.07 Å². The number of amides is 1. The Kier molecular flexibility index (Phi) is 4.10. The van der Waals surface area contributed by atoms with Crippen molar-refractivity contribution >= 4 is 17.6 Å². The van der Waals surface area contributed by atoms with Crippen LogP contribution in [-0.4, -0.2) is 29.0 Å². The first-order valence-corrected chi connectivity index (χ1v) is 6.07. The van der Waals surface area contributed by atoms with Crippen LogP contribution in [-0.2, 0) is 11.2 Å². The number of carbonyl (C=O) groups excluding carboxylic acids is 1. The molecule has 0 aliphatic rings. The maximum Gasteiger partial charge on any atom is 0.337 e. The van der Waals surface area contributed by atoms with Gasteiger partial charge in [0.1, 0.15) is 0 Å². The van der Waals surface area contributed by atoms with E-state index in [4.69, 9.17) is 5.11 Å². The summed E-state index contributed by atoms with van der Waals surface area (Å²) in [5.74, 6) is -1.24. The molecule has 0 fully saturated rings. The zero-order valence-electron chi connectivity index (χ0n) is 11.0. The average Bonchev–Trinajstić information content (AvgIpc) is 2.47. The first kappa shape index (κ1) is 13.7. The second-order valence-electron chi connectivity index (χ2n) is 4.31. The number of para-hydroxylation sites is 1. The molecule has 5 nitrogen and oxygen atoms in total. The number of aromatic carboxylic acids is 1. The first-order valence-electron chi connectivity index (χ1n) is 6.07. The predicted octanol–water partition coefficient (Wildman–Crippen LogP) is 1.99. The Bertz CT molecular complexity index is 626. The van der Waals surface area contributed by atoms with Crippen molar-refractivity contribution in [2.24, 2.45) is 0 Å². The van der Waals surface area contributed by atoms with E-state index in [2.05, 4.69) is 4.98 Å². The summed E-state index contributed by atoms with van der Waals surface area (Å²) in [6, 6.07) is 9.99. The van der Waals surface area contributed by atoms with E-state index in [0.29, 0.717) is 5.69 Å². The molecule has 1 aromatic carbocycles. The van der Waals surface area contributed by atoms with Gasteiger partial charge in [-0.05, 0) is 23.8 Å². The molecule has 0 atom stereocenters. The van der Waals surface area contributed by atoms with Crippen LogP contribution in [0.5, 0.6) is 0 Å². The number of anilines is 1. The standard InChI is InChI=1S/C15H14N2O3/c1-17(13-7-3-2-6-12(13)15(19)20)14(18)9-11-5-4-8-16-10-11/h2-8,10H,9H2,1H3,(H,19,20). The second kappa shape index (κ2) is 5.97. The normalized spacial score (nSPS) is 10.1. The molecule has 20 heavy (non-hydrogen) atoms. The van der Waals surface area contributed by atoms with Crippen molar-refractivity contribution in [2.45, 2.75) is 6.42 Å². The number of rotatable bonds is 4. The van der Waals surface area contributed by atoms with Crippen LogP contribution in [0.1, 0.15) is 15.9 Å². The van der Waals surface area contributed by atoms with Crippen molar-refractivity contribution in [1.82, 2.24) is 4.98 Å². The zero-order valence-corrected chi connectivity index (χ0v) is 11.0. The van der Waals surface area contributed by atoms with Gasteiger partial charge in [-0.15, -0.1) is 0 Å². The highest BCUT2D eigenvalue weighted by Gasteiger charge is 2.17. The number of pyridine rings is 1. The molecule has 0 bridgehead atoms. The van der Waals surface area contributed by atoms with Gasteiger partial charge in [-0.1, -0.05) is 18.2 Å². The van der Waals surface area contributed by atoms with Gasteiger partial charge in [0, 0.05) is 19.4 Å². The summed E-state index contributed by atoms with van der Waals surface area (Å²) in [6.45, 7) is 0. The van der Waals surface area contributed by atoms with Crippen LogP contribution in [0.15, 0.2) is 48.8 Å². The highest BCUT2D eigenvalue weighted by Crippen LogP contribution is 2.20. The van der Waals surface area contributed by atoms with Gasteiger partial charge in [-0.25, -0.2) is 4.79 Å². The van der Waals surface area contributed by atoms with E-state index < -0.39 is 5.97 Å². The zero-order chi connectivity index (χ0) is 14.5. The van der Waals surface area contributed by atoms with E-state index in [1.165, 1.54) is 11.0 Å². The van der Waals surface area contributed by atoms with Gasteiger partial charge < -0.3 is 10.0 Å². The fourth-order valence-electron chi connectivity index (χ4n) is 1.88. The molecular formula is C15H14N2O3. The molecule has 0 saturated carbocycles. The van der Waals surface area contributed by atoms with Crippen LogP contribution < -0.4 is 4.90 Å². The fourth-order valence-corrected chi connectivity index (χ4v) is 1.88. The fraction of sp³-hybridized carbons (Fsp3) is 0.133. The van der Waals surface area contributed by atoms with Crippen LogP contribution in [0, 0.1) is 0 Å². The van der Waals surface area contributed by atoms with Crippen molar-refractivity contribution < 1.29 is 14.7 Å². The van der Waals surface area contributed by atoms with Crippen LogP contribution in [0.4, 0.5) is 5.69 Å². The molecule has 102 valence electrons. The summed E-state index contributed by atoms with van der Waals surface area (Å²) in [7, 11) is 1.57. The minimum Gasteiger partial charge on any atom is -0.478 e. The number of carboxylic acids is 1. The summed E-state index contributed by atoms with van der Waals surface area (Å²) < 4.78 is 0. The number of carboxylic acid groups (broad SMARTS) is 1. The van der Waals surface area contributed by atoms with Crippen molar-refractivity contribution in [3.63, 3.8) is 0 Å². The minimum absolute atomic E-state index is 0.106. The topological polar surface area (TPSA) is 70.5 Å². The van der Waals surface area contributed by atoms with Gasteiger partial charge >= 0.3 is 5.97 Å². The Hall–Kier alpha value is -2.69. The maximum absolute atomic E-state index is 12.2.